The maximum Gasteiger partial charge on any atom is 0.241 e. The second-order valence-electron chi connectivity index (χ2n) is 5.52. The zero-order valence-electron chi connectivity index (χ0n) is 10.9. The van der Waals surface area contributed by atoms with Crippen molar-refractivity contribution in [3.63, 3.8) is 0 Å². The number of aliphatic hydroxyl groups is 1. The summed E-state index contributed by atoms with van der Waals surface area (Å²) in [5.74, 6) is -1.67. The van der Waals surface area contributed by atoms with Gasteiger partial charge in [0, 0.05) is 3.57 Å². The summed E-state index contributed by atoms with van der Waals surface area (Å²) in [6.45, 7) is -0.292. The van der Waals surface area contributed by atoms with E-state index in [4.69, 9.17) is 4.74 Å². The van der Waals surface area contributed by atoms with E-state index in [0.717, 1.165) is 3.57 Å². The van der Waals surface area contributed by atoms with Gasteiger partial charge in [-0.15, -0.1) is 0 Å². The molecule has 2 saturated heterocycles. The van der Waals surface area contributed by atoms with Gasteiger partial charge in [-0.25, -0.2) is 4.90 Å². The highest BCUT2D eigenvalue weighted by molar-refractivity contribution is 14.1. The normalized spacial score (nSPS) is 36.7. The Morgan fingerprint density at radius 1 is 1.29 bits per heavy atom. The van der Waals surface area contributed by atoms with Crippen molar-refractivity contribution in [2.45, 2.75) is 11.7 Å². The van der Waals surface area contributed by atoms with Crippen molar-refractivity contribution in [2.24, 2.45) is 11.8 Å². The smallest absolute Gasteiger partial charge is 0.241 e. The van der Waals surface area contributed by atoms with Crippen molar-refractivity contribution >= 4 is 40.1 Å². The lowest BCUT2D eigenvalue weighted by Gasteiger charge is -2.26. The molecule has 21 heavy (non-hydrogen) atoms. The molecule has 2 amide bonds. The molecule has 3 aliphatic rings. The fourth-order valence-corrected chi connectivity index (χ4v) is 4.18. The molecule has 5 nitrogen and oxygen atoms in total. The number of ether oxygens (including phenoxy) is 1. The highest BCUT2D eigenvalue weighted by Crippen LogP contribution is 2.52. The molecule has 3 aliphatic heterocycles. The topological polar surface area (TPSA) is 66.8 Å². The van der Waals surface area contributed by atoms with Gasteiger partial charge >= 0.3 is 0 Å². The molecule has 4 atom stereocenters. The van der Waals surface area contributed by atoms with Gasteiger partial charge < -0.3 is 9.84 Å². The molecule has 6 heteroatoms. The number of aliphatic hydroxyl groups excluding tert-OH is 1. The number of fused-ring (bicyclic) bond motifs is 5. The van der Waals surface area contributed by atoms with Crippen molar-refractivity contribution in [1.82, 2.24) is 0 Å². The first-order valence-electron chi connectivity index (χ1n) is 6.69. The Morgan fingerprint density at radius 2 is 2.05 bits per heavy atom. The molecule has 0 spiro atoms. The van der Waals surface area contributed by atoms with Crippen LogP contribution in [0.2, 0.25) is 0 Å². The first kappa shape index (κ1) is 13.4. The lowest BCUT2D eigenvalue weighted by atomic mass is 9.77. The molecule has 0 radical (unpaired) electrons. The number of halogens is 1. The zero-order chi connectivity index (χ0) is 14.8. The number of carbonyl (C=O) groups excluding carboxylic acids is 2. The summed E-state index contributed by atoms with van der Waals surface area (Å²) in [4.78, 5) is 26.7. The van der Waals surface area contributed by atoms with Gasteiger partial charge in [-0.3, -0.25) is 9.59 Å². The molecule has 1 N–H and O–H groups in total. The maximum absolute atomic E-state index is 12.8. The first-order chi connectivity index (χ1) is 10.1. The predicted octanol–water partition coefficient (Wildman–Crippen LogP) is 1.10. The lowest BCUT2D eigenvalue weighted by molar-refractivity contribution is -0.128. The van der Waals surface area contributed by atoms with Gasteiger partial charge in [-0.05, 0) is 34.7 Å². The third kappa shape index (κ3) is 1.58. The number of rotatable bonds is 2. The fourth-order valence-electron chi connectivity index (χ4n) is 3.55. The first-order valence-corrected chi connectivity index (χ1v) is 7.77. The summed E-state index contributed by atoms with van der Waals surface area (Å²) in [6, 6.07) is 7.29. The van der Waals surface area contributed by atoms with Gasteiger partial charge in [-0.2, -0.15) is 0 Å². The maximum atomic E-state index is 12.8. The van der Waals surface area contributed by atoms with Crippen LogP contribution < -0.4 is 4.90 Å². The number of para-hydroxylation sites is 1. The predicted molar refractivity (Wildman–Crippen MR) is 82.5 cm³/mol. The Balaban J connectivity index is 1.81. The summed E-state index contributed by atoms with van der Waals surface area (Å²) in [7, 11) is 0. The van der Waals surface area contributed by atoms with Crippen molar-refractivity contribution in [2.75, 3.05) is 11.5 Å². The average Bonchev–Trinajstić information content (AvgIpc) is 3.12. The van der Waals surface area contributed by atoms with E-state index in [1.807, 2.05) is 12.1 Å². The molecule has 1 aromatic carbocycles. The molecule has 1 aromatic rings. The molecular weight excluding hydrogens is 385 g/mol. The van der Waals surface area contributed by atoms with Crippen LogP contribution in [0.5, 0.6) is 0 Å². The molecule has 2 bridgehead atoms. The van der Waals surface area contributed by atoms with E-state index in [1.165, 1.54) is 4.90 Å². The number of hydrogen-bond donors (Lipinski definition) is 1. The molecule has 0 unspecified atom stereocenters. The van der Waals surface area contributed by atoms with Crippen LogP contribution in [0.3, 0.4) is 0 Å². The molecule has 0 aliphatic carbocycles. The van der Waals surface area contributed by atoms with E-state index in [-0.39, 0.29) is 18.4 Å². The van der Waals surface area contributed by atoms with Crippen LogP contribution in [0.25, 0.3) is 0 Å². The summed E-state index contributed by atoms with van der Waals surface area (Å²) in [5, 5.41) is 9.65. The van der Waals surface area contributed by atoms with Gasteiger partial charge in [0.05, 0.1) is 30.2 Å². The molecule has 0 saturated carbocycles. The van der Waals surface area contributed by atoms with Gasteiger partial charge in [0.15, 0.2) is 0 Å². The monoisotopic (exact) mass is 397 g/mol. The number of anilines is 1. The average molecular weight is 397 g/mol. The minimum absolute atomic E-state index is 0.237. The molecule has 108 valence electrons. The number of benzene rings is 1. The van der Waals surface area contributed by atoms with Gasteiger partial charge in [0.2, 0.25) is 11.8 Å². The Bertz CT molecular complexity index is 688. The zero-order valence-corrected chi connectivity index (χ0v) is 13.1. The van der Waals surface area contributed by atoms with E-state index in [1.54, 1.807) is 24.3 Å². The molecular formula is C15H12INO4. The summed E-state index contributed by atoms with van der Waals surface area (Å²) in [5.41, 5.74) is -0.424. The number of hydrogen-bond acceptors (Lipinski definition) is 4. The highest BCUT2D eigenvalue weighted by Gasteiger charge is 2.67. The Labute approximate surface area is 134 Å². The van der Waals surface area contributed by atoms with Gasteiger partial charge in [0.25, 0.3) is 0 Å². The van der Waals surface area contributed by atoms with Crippen LogP contribution in [0.1, 0.15) is 0 Å². The minimum atomic E-state index is -1.03. The minimum Gasteiger partial charge on any atom is -0.393 e. The molecule has 2 fully saturated rings. The highest BCUT2D eigenvalue weighted by atomic mass is 127. The molecule has 3 heterocycles. The van der Waals surface area contributed by atoms with E-state index in [2.05, 4.69) is 22.6 Å². The van der Waals surface area contributed by atoms with E-state index in [9.17, 15) is 14.7 Å². The van der Waals surface area contributed by atoms with E-state index in [0.29, 0.717) is 5.69 Å². The number of nitrogens with zero attached hydrogens (tertiary/aromatic N) is 1. The lowest BCUT2D eigenvalue weighted by Crippen LogP contribution is -2.43. The van der Waals surface area contributed by atoms with Crippen LogP contribution in [0.4, 0.5) is 5.69 Å². The van der Waals surface area contributed by atoms with Crippen LogP contribution in [0, 0.1) is 15.4 Å². The quantitative estimate of drug-likeness (QED) is 0.461. The van der Waals surface area contributed by atoms with Crippen molar-refractivity contribution in [1.29, 1.82) is 0 Å². The Hall–Kier alpha value is -1.25. The summed E-state index contributed by atoms with van der Waals surface area (Å²) in [6.07, 6.45) is 3.09. The van der Waals surface area contributed by atoms with Crippen LogP contribution in [-0.2, 0) is 14.3 Å². The molecule has 0 aromatic heterocycles. The van der Waals surface area contributed by atoms with E-state index < -0.39 is 23.5 Å². The van der Waals surface area contributed by atoms with Gasteiger partial charge in [0.1, 0.15) is 5.60 Å². The van der Waals surface area contributed by atoms with Crippen molar-refractivity contribution in [3.8, 4) is 0 Å². The van der Waals surface area contributed by atoms with Crippen molar-refractivity contribution in [3.05, 3.63) is 40.0 Å². The summed E-state index contributed by atoms with van der Waals surface area (Å²) < 4.78 is 6.54. The van der Waals surface area contributed by atoms with Crippen molar-refractivity contribution < 1.29 is 19.4 Å². The summed E-state index contributed by atoms with van der Waals surface area (Å²) >= 11 is 2.11. The van der Waals surface area contributed by atoms with Crippen LogP contribution in [-0.4, -0.2) is 35.2 Å². The molecule has 4 rings (SSSR count). The Kier molecular flexibility index (Phi) is 2.79. The third-order valence-corrected chi connectivity index (χ3v) is 5.41. The van der Waals surface area contributed by atoms with E-state index >= 15 is 0 Å². The Morgan fingerprint density at radius 3 is 2.76 bits per heavy atom. The largest absolute Gasteiger partial charge is 0.393 e. The fraction of sp³-hybridized carbons (Fsp3) is 0.333. The van der Waals surface area contributed by atoms with Gasteiger partial charge in [-0.1, -0.05) is 24.3 Å². The second-order valence-corrected chi connectivity index (χ2v) is 6.68. The van der Waals surface area contributed by atoms with Crippen LogP contribution in [0.15, 0.2) is 36.4 Å². The number of imide groups is 1. The third-order valence-electron chi connectivity index (χ3n) is 4.50. The number of amides is 2. The second kappa shape index (κ2) is 4.37. The van der Waals surface area contributed by atoms with Crippen LogP contribution >= 0.6 is 22.6 Å². The number of carbonyl (C=O) groups is 2. The SMILES string of the molecule is O=C1[C@@H]2[C@@H]3C=C[C@](CO)(O3)[C@@H]2C(=O)N1c1ccccc1I. The standard InChI is InChI=1S/C15H12INO4/c16-8-3-1-2-4-9(8)17-13(19)11-10-5-6-15(7-18,21-10)12(11)14(17)20/h1-6,10-12,18H,7H2/t10-,11+,12-,15+/m0/s1.